The molecule has 0 aliphatic carbocycles. The van der Waals surface area contributed by atoms with Crippen LogP contribution in [0.5, 0.6) is 0 Å². The zero-order chi connectivity index (χ0) is 11.7. The van der Waals surface area contributed by atoms with Crippen molar-refractivity contribution in [1.82, 2.24) is 0 Å². The summed E-state index contributed by atoms with van der Waals surface area (Å²) in [5, 5.41) is 7.07. The van der Waals surface area contributed by atoms with Crippen LogP contribution in [0.4, 0.5) is 5.69 Å². The molecule has 0 aliphatic heterocycles. The summed E-state index contributed by atoms with van der Waals surface area (Å²) >= 11 is 1.81. The van der Waals surface area contributed by atoms with Crippen LogP contribution < -0.4 is 5.32 Å². The number of fused-ring (bicyclic) bond motifs is 1. The second-order valence-electron chi connectivity index (χ2n) is 4.86. The van der Waals surface area contributed by atoms with Crippen LogP contribution in [0, 0.1) is 0 Å². The number of rotatable bonds is 3. The van der Waals surface area contributed by atoms with Crippen LogP contribution >= 0.6 is 11.3 Å². The van der Waals surface area contributed by atoms with E-state index >= 15 is 0 Å². The Morgan fingerprint density at radius 1 is 1.12 bits per heavy atom. The minimum absolute atomic E-state index is 0.479. The van der Waals surface area contributed by atoms with Crippen molar-refractivity contribution in [1.29, 1.82) is 0 Å². The van der Waals surface area contributed by atoms with Gasteiger partial charge >= 0.3 is 0 Å². The van der Waals surface area contributed by atoms with Gasteiger partial charge in [0.25, 0.3) is 0 Å². The predicted molar refractivity (Wildman–Crippen MR) is 74.7 cm³/mol. The maximum absolute atomic E-state index is 3.54. The third-order valence-electron chi connectivity index (χ3n) is 2.68. The van der Waals surface area contributed by atoms with Crippen LogP contribution in [-0.4, -0.2) is 6.04 Å². The molecule has 2 heteroatoms. The first-order valence-electron chi connectivity index (χ1n) is 5.85. The molecule has 0 saturated heterocycles. The van der Waals surface area contributed by atoms with Crippen LogP contribution in [0.25, 0.3) is 10.1 Å². The maximum Gasteiger partial charge on any atom is 0.0574 e. The highest BCUT2D eigenvalue weighted by molar-refractivity contribution is 7.17. The second-order valence-corrected chi connectivity index (χ2v) is 5.78. The molecule has 0 bridgehead atoms. The molecular weight excluding hydrogens is 214 g/mol. The summed E-state index contributed by atoms with van der Waals surface area (Å²) < 4.78 is 1.37. The van der Waals surface area contributed by atoms with E-state index in [0.717, 1.165) is 0 Å². The largest absolute Gasteiger partial charge is 0.382 e. The van der Waals surface area contributed by atoms with Gasteiger partial charge in [-0.1, -0.05) is 13.8 Å². The SMILES string of the molecule is CC(C)Nc1cc(C(C)C)cc2ccsc12. The zero-order valence-electron chi connectivity index (χ0n) is 10.4. The topological polar surface area (TPSA) is 12.0 Å². The predicted octanol–water partition coefficient (Wildman–Crippen LogP) is 4.85. The van der Waals surface area contributed by atoms with Gasteiger partial charge < -0.3 is 5.32 Å². The van der Waals surface area contributed by atoms with E-state index in [1.165, 1.54) is 21.3 Å². The fraction of sp³-hybridized carbons (Fsp3) is 0.429. The number of benzene rings is 1. The van der Waals surface area contributed by atoms with E-state index in [2.05, 4.69) is 56.6 Å². The molecule has 0 amide bonds. The van der Waals surface area contributed by atoms with Gasteiger partial charge in [0.05, 0.1) is 10.4 Å². The van der Waals surface area contributed by atoms with Gasteiger partial charge in [0, 0.05) is 6.04 Å². The molecule has 86 valence electrons. The summed E-state index contributed by atoms with van der Waals surface area (Å²) in [6.45, 7) is 8.85. The van der Waals surface area contributed by atoms with E-state index in [1.54, 1.807) is 0 Å². The van der Waals surface area contributed by atoms with Crippen molar-refractivity contribution >= 4 is 27.1 Å². The summed E-state index contributed by atoms with van der Waals surface area (Å²) in [4.78, 5) is 0. The van der Waals surface area contributed by atoms with Gasteiger partial charge in [-0.2, -0.15) is 0 Å². The fourth-order valence-corrected chi connectivity index (χ4v) is 2.72. The maximum atomic E-state index is 3.54. The van der Waals surface area contributed by atoms with E-state index in [9.17, 15) is 0 Å². The highest BCUT2D eigenvalue weighted by Crippen LogP contribution is 2.33. The lowest BCUT2D eigenvalue weighted by atomic mass is 10.0. The summed E-state index contributed by atoms with van der Waals surface area (Å²) in [5.74, 6) is 0.581. The van der Waals surface area contributed by atoms with Crippen LogP contribution in [-0.2, 0) is 0 Å². The molecule has 2 rings (SSSR count). The highest BCUT2D eigenvalue weighted by Gasteiger charge is 2.08. The number of thiophene rings is 1. The minimum atomic E-state index is 0.479. The van der Waals surface area contributed by atoms with Crippen LogP contribution in [0.1, 0.15) is 39.2 Å². The number of anilines is 1. The van der Waals surface area contributed by atoms with E-state index < -0.39 is 0 Å². The molecule has 16 heavy (non-hydrogen) atoms. The van der Waals surface area contributed by atoms with E-state index in [-0.39, 0.29) is 0 Å². The molecule has 0 saturated carbocycles. The van der Waals surface area contributed by atoms with Gasteiger partial charge in [-0.3, -0.25) is 0 Å². The van der Waals surface area contributed by atoms with Crippen molar-refractivity contribution < 1.29 is 0 Å². The average Bonchev–Trinajstić information content (AvgIpc) is 2.64. The Hall–Kier alpha value is -1.02. The Morgan fingerprint density at radius 3 is 2.50 bits per heavy atom. The summed E-state index contributed by atoms with van der Waals surface area (Å²) in [7, 11) is 0. The monoisotopic (exact) mass is 233 g/mol. The van der Waals surface area contributed by atoms with Crippen molar-refractivity contribution in [2.75, 3.05) is 5.32 Å². The molecule has 0 unspecified atom stereocenters. The molecule has 0 radical (unpaired) electrons. The molecule has 1 aromatic heterocycles. The molecule has 0 aliphatic rings. The van der Waals surface area contributed by atoms with Gasteiger partial charge in [0.2, 0.25) is 0 Å². The van der Waals surface area contributed by atoms with Gasteiger partial charge in [0.1, 0.15) is 0 Å². The Morgan fingerprint density at radius 2 is 1.88 bits per heavy atom. The Kier molecular flexibility index (Phi) is 3.20. The average molecular weight is 233 g/mol. The van der Waals surface area contributed by atoms with Crippen LogP contribution in [0.3, 0.4) is 0 Å². The quantitative estimate of drug-likeness (QED) is 0.799. The molecule has 1 aromatic carbocycles. The number of nitrogens with one attached hydrogen (secondary N) is 1. The molecule has 1 nitrogen and oxygen atoms in total. The molecule has 0 fully saturated rings. The van der Waals surface area contributed by atoms with Gasteiger partial charge in [-0.05, 0) is 54.3 Å². The van der Waals surface area contributed by atoms with Crippen molar-refractivity contribution in [3.8, 4) is 0 Å². The molecule has 1 heterocycles. The Balaban J connectivity index is 2.54. The normalized spacial score (nSPS) is 11.6. The number of hydrogen-bond acceptors (Lipinski definition) is 2. The van der Waals surface area contributed by atoms with E-state index in [0.29, 0.717) is 12.0 Å². The van der Waals surface area contributed by atoms with Gasteiger partial charge in [0.15, 0.2) is 0 Å². The lowest BCUT2D eigenvalue weighted by Crippen LogP contribution is -2.10. The third-order valence-corrected chi connectivity index (χ3v) is 3.65. The highest BCUT2D eigenvalue weighted by atomic mass is 32.1. The van der Waals surface area contributed by atoms with Gasteiger partial charge in [-0.15, -0.1) is 11.3 Å². The molecule has 0 atom stereocenters. The first-order chi connectivity index (χ1) is 7.58. The first kappa shape index (κ1) is 11.5. The smallest absolute Gasteiger partial charge is 0.0574 e. The third kappa shape index (κ3) is 2.22. The van der Waals surface area contributed by atoms with E-state index in [1.807, 2.05) is 11.3 Å². The van der Waals surface area contributed by atoms with Crippen molar-refractivity contribution in [3.63, 3.8) is 0 Å². The molecule has 0 spiro atoms. The van der Waals surface area contributed by atoms with Crippen LogP contribution in [0.2, 0.25) is 0 Å². The van der Waals surface area contributed by atoms with E-state index in [4.69, 9.17) is 0 Å². The molecular formula is C14H19NS. The summed E-state index contributed by atoms with van der Waals surface area (Å²) in [5.41, 5.74) is 2.69. The lowest BCUT2D eigenvalue weighted by molar-refractivity contribution is 0.864. The fourth-order valence-electron chi connectivity index (χ4n) is 1.86. The minimum Gasteiger partial charge on any atom is -0.382 e. The first-order valence-corrected chi connectivity index (χ1v) is 6.73. The van der Waals surface area contributed by atoms with Crippen LogP contribution in [0.15, 0.2) is 23.6 Å². The zero-order valence-corrected chi connectivity index (χ0v) is 11.2. The number of hydrogen-bond donors (Lipinski definition) is 1. The second kappa shape index (κ2) is 4.46. The van der Waals surface area contributed by atoms with Crippen molar-refractivity contribution in [2.45, 2.75) is 39.7 Å². The van der Waals surface area contributed by atoms with Crippen molar-refractivity contribution in [2.24, 2.45) is 0 Å². The van der Waals surface area contributed by atoms with Gasteiger partial charge in [-0.25, -0.2) is 0 Å². The Labute approximate surface area is 101 Å². The standard InChI is InChI=1S/C14H19NS/c1-9(2)12-7-11-5-6-16-14(11)13(8-12)15-10(3)4/h5-10,15H,1-4H3. The lowest BCUT2D eigenvalue weighted by Gasteiger charge is -2.14. The molecule has 2 aromatic rings. The van der Waals surface area contributed by atoms with Crippen molar-refractivity contribution in [3.05, 3.63) is 29.1 Å². The summed E-state index contributed by atoms with van der Waals surface area (Å²) in [6, 6.07) is 7.29. The summed E-state index contributed by atoms with van der Waals surface area (Å²) in [6.07, 6.45) is 0. The molecule has 1 N–H and O–H groups in total. The Bertz CT molecular complexity index is 482.